The molecule has 0 aliphatic carbocycles. The molecule has 2 aromatic carbocycles. The number of carbonyl (C=O) groups is 1. The number of benzene rings is 2. The van der Waals surface area contributed by atoms with Gasteiger partial charge in [0.1, 0.15) is 0 Å². The summed E-state index contributed by atoms with van der Waals surface area (Å²) < 4.78 is 10.5. The summed E-state index contributed by atoms with van der Waals surface area (Å²) in [4.78, 5) is 22.4. The van der Waals surface area contributed by atoms with Crippen molar-refractivity contribution in [1.29, 1.82) is 0 Å². The van der Waals surface area contributed by atoms with E-state index in [9.17, 15) is 14.9 Å². The predicted molar refractivity (Wildman–Crippen MR) is 98.2 cm³/mol. The molecule has 1 N–H and O–H groups in total. The van der Waals surface area contributed by atoms with E-state index in [0.717, 1.165) is 5.56 Å². The van der Waals surface area contributed by atoms with E-state index in [1.165, 1.54) is 25.3 Å². The molecule has 0 radical (unpaired) electrons. The summed E-state index contributed by atoms with van der Waals surface area (Å²) >= 11 is 11.8. The van der Waals surface area contributed by atoms with E-state index in [0.29, 0.717) is 15.8 Å². The fourth-order valence-electron chi connectivity index (χ4n) is 2.18. The van der Waals surface area contributed by atoms with E-state index in [2.05, 4.69) is 5.32 Å². The van der Waals surface area contributed by atoms with Gasteiger partial charge >= 0.3 is 0 Å². The molecule has 138 valence electrons. The first-order valence-electron chi connectivity index (χ1n) is 7.51. The Morgan fingerprint density at radius 3 is 2.54 bits per heavy atom. The van der Waals surface area contributed by atoms with Gasteiger partial charge in [-0.1, -0.05) is 29.3 Å². The molecule has 0 saturated heterocycles. The van der Waals surface area contributed by atoms with Gasteiger partial charge in [0.15, 0.2) is 18.1 Å². The van der Waals surface area contributed by atoms with Crippen LogP contribution in [0.15, 0.2) is 36.4 Å². The minimum Gasteiger partial charge on any atom is -0.493 e. The Morgan fingerprint density at radius 2 is 1.92 bits per heavy atom. The largest absolute Gasteiger partial charge is 0.493 e. The number of nitrogens with zero attached hydrogens (tertiary/aromatic N) is 1. The first-order valence-corrected chi connectivity index (χ1v) is 8.27. The third-order valence-corrected chi connectivity index (χ3v) is 4.28. The third-order valence-electron chi connectivity index (χ3n) is 3.54. The van der Waals surface area contributed by atoms with Crippen LogP contribution in [0.5, 0.6) is 11.5 Å². The summed E-state index contributed by atoms with van der Waals surface area (Å²) in [6, 6.07) is 8.64. The Labute approximate surface area is 160 Å². The second kappa shape index (κ2) is 8.73. The summed E-state index contributed by atoms with van der Waals surface area (Å²) in [6.07, 6.45) is 0. The fourth-order valence-corrected chi connectivity index (χ4v) is 2.49. The van der Waals surface area contributed by atoms with Crippen LogP contribution in [-0.4, -0.2) is 24.5 Å². The molecule has 0 heterocycles. The number of hydrogen-bond acceptors (Lipinski definition) is 5. The molecule has 0 aromatic heterocycles. The quantitative estimate of drug-likeness (QED) is 0.558. The lowest BCUT2D eigenvalue weighted by Gasteiger charge is -2.16. The molecule has 2 aromatic rings. The van der Waals surface area contributed by atoms with Crippen molar-refractivity contribution in [3.63, 3.8) is 0 Å². The molecule has 0 aliphatic heterocycles. The summed E-state index contributed by atoms with van der Waals surface area (Å²) in [5.41, 5.74) is 0.617. The zero-order valence-corrected chi connectivity index (χ0v) is 15.5. The number of nitro benzene ring substituents is 1. The third kappa shape index (κ3) is 5.00. The average molecular weight is 399 g/mol. The first kappa shape index (κ1) is 19.8. The highest BCUT2D eigenvalue weighted by Crippen LogP contribution is 2.31. The zero-order chi connectivity index (χ0) is 19.3. The van der Waals surface area contributed by atoms with Crippen LogP contribution in [0, 0.1) is 10.1 Å². The van der Waals surface area contributed by atoms with Gasteiger partial charge in [-0.2, -0.15) is 0 Å². The number of ether oxygens (including phenoxy) is 2. The highest BCUT2D eigenvalue weighted by atomic mass is 35.5. The number of amides is 1. The van der Waals surface area contributed by atoms with Crippen molar-refractivity contribution in [3.8, 4) is 11.5 Å². The molecule has 0 bridgehead atoms. The van der Waals surface area contributed by atoms with E-state index in [1.807, 2.05) is 0 Å². The van der Waals surface area contributed by atoms with E-state index in [1.54, 1.807) is 25.1 Å². The number of carbonyl (C=O) groups excluding carboxylic acids is 1. The lowest BCUT2D eigenvalue weighted by Crippen LogP contribution is -2.31. The Bertz CT molecular complexity index is 829. The fraction of sp³-hybridized carbons (Fsp3) is 0.235. The molecule has 0 unspecified atom stereocenters. The van der Waals surface area contributed by atoms with E-state index in [-0.39, 0.29) is 24.1 Å². The van der Waals surface area contributed by atoms with Gasteiger partial charge in [-0.15, -0.1) is 0 Å². The van der Waals surface area contributed by atoms with Crippen molar-refractivity contribution in [2.24, 2.45) is 0 Å². The number of halogens is 2. The molecule has 26 heavy (non-hydrogen) atoms. The molecule has 2 rings (SSSR count). The molecule has 7 nitrogen and oxygen atoms in total. The second-order valence-electron chi connectivity index (χ2n) is 5.34. The van der Waals surface area contributed by atoms with Gasteiger partial charge < -0.3 is 14.8 Å². The number of non-ortho nitro benzene ring substituents is 1. The van der Waals surface area contributed by atoms with E-state index in [4.69, 9.17) is 32.7 Å². The number of rotatable bonds is 7. The van der Waals surface area contributed by atoms with Crippen LogP contribution >= 0.6 is 23.2 Å². The maximum absolute atomic E-state index is 12.1. The monoisotopic (exact) mass is 398 g/mol. The van der Waals surface area contributed by atoms with Gasteiger partial charge in [-0.05, 0) is 30.7 Å². The van der Waals surface area contributed by atoms with Crippen LogP contribution in [0.25, 0.3) is 0 Å². The van der Waals surface area contributed by atoms with Gasteiger partial charge in [0.2, 0.25) is 0 Å². The summed E-state index contributed by atoms with van der Waals surface area (Å²) in [7, 11) is 1.40. The van der Waals surface area contributed by atoms with Crippen LogP contribution < -0.4 is 14.8 Å². The summed E-state index contributed by atoms with van der Waals surface area (Å²) in [5.74, 6) is -0.00268. The Kier molecular flexibility index (Phi) is 6.65. The lowest BCUT2D eigenvalue weighted by molar-refractivity contribution is -0.385. The number of hydrogen-bond donors (Lipinski definition) is 1. The van der Waals surface area contributed by atoms with Gasteiger partial charge in [-0.25, -0.2) is 0 Å². The van der Waals surface area contributed by atoms with Gasteiger partial charge in [0.25, 0.3) is 11.6 Å². The minimum atomic E-state index is -0.557. The molecule has 0 spiro atoms. The van der Waals surface area contributed by atoms with Crippen LogP contribution in [0.2, 0.25) is 10.0 Å². The van der Waals surface area contributed by atoms with Gasteiger partial charge in [-0.3, -0.25) is 14.9 Å². The summed E-state index contributed by atoms with van der Waals surface area (Å²) in [6.45, 7) is 1.45. The van der Waals surface area contributed by atoms with Crippen molar-refractivity contribution < 1.29 is 19.2 Å². The van der Waals surface area contributed by atoms with Crippen molar-refractivity contribution in [2.75, 3.05) is 13.7 Å². The van der Waals surface area contributed by atoms with E-state index < -0.39 is 10.8 Å². The van der Waals surface area contributed by atoms with Gasteiger partial charge in [0.05, 0.1) is 34.2 Å². The predicted octanol–water partition coefficient (Wildman–Crippen LogP) is 4.17. The highest BCUT2D eigenvalue weighted by molar-refractivity contribution is 6.42. The Balaban J connectivity index is 2.01. The maximum atomic E-state index is 12.1. The Morgan fingerprint density at radius 1 is 1.19 bits per heavy atom. The number of nitro groups is 1. The number of methoxy groups -OCH3 is 1. The molecule has 1 amide bonds. The summed E-state index contributed by atoms with van der Waals surface area (Å²) in [5, 5.41) is 14.4. The van der Waals surface area contributed by atoms with E-state index >= 15 is 0 Å². The number of nitrogens with one attached hydrogen (secondary N) is 1. The van der Waals surface area contributed by atoms with Crippen molar-refractivity contribution in [1.82, 2.24) is 5.32 Å². The first-order chi connectivity index (χ1) is 12.3. The minimum absolute atomic E-state index is 0.110. The van der Waals surface area contributed by atoms with Crippen LogP contribution in [0.1, 0.15) is 18.5 Å². The molecule has 0 aliphatic rings. The maximum Gasteiger partial charge on any atom is 0.273 e. The average Bonchev–Trinajstić information content (AvgIpc) is 2.61. The highest BCUT2D eigenvalue weighted by Gasteiger charge is 2.15. The SMILES string of the molecule is COc1ccc([N+](=O)[O-])cc1OCC(=O)N[C@H](C)c1ccc(Cl)c(Cl)c1. The molecule has 0 saturated carbocycles. The van der Waals surface area contributed by atoms with Crippen LogP contribution in [0.4, 0.5) is 5.69 Å². The Hall–Kier alpha value is -2.51. The smallest absolute Gasteiger partial charge is 0.273 e. The molecule has 0 fully saturated rings. The lowest BCUT2D eigenvalue weighted by atomic mass is 10.1. The molecular formula is C17H16Cl2N2O5. The topological polar surface area (TPSA) is 90.7 Å². The van der Waals surface area contributed by atoms with Crippen molar-refractivity contribution in [3.05, 3.63) is 62.1 Å². The normalized spacial score (nSPS) is 11.5. The molecule has 1 atom stereocenters. The van der Waals surface area contributed by atoms with Gasteiger partial charge in [0, 0.05) is 6.07 Å². The molecule has 9 heteroatoms. The second-order valence-corrected chi connectivity index (χ2v) is 6.16. The van der Waals surface area contributed by atoms with Crippen LogP contribution in [0.3, 0.4) is 0 Å². The van der Waals surface area contributed by atoms with Crippen LogP contribution in [-0.2, 0) is 4.79 Å². The van der Waals surface area contributed by atoms with Crippen molar-refractivity contribution >= 4 is 34.8 Å². The molecular weight excluding hydrogens is 383 g/mol. The zero-order valence-electron chi connectivity index (χ0n) is 14.0. The van der Waals surface area contributed by atoms with Crippen molar-refractivity contribution in [2.45, 2.75) is 13.0 Å². The standard InChI is InChI=1S/C17H16Cl2N2O5/c1-10(11-3-5-13(18)14(19)7-11)20-17(22)9-26-16-8-12(21(23)24)4-6-15(16)25-2/h3-8,10H,9H2,1-2H3,(H,20,22)/t10-/m1/s1.